The van der Waals surface area contributed by atoms with Crippen molar-refractivity contribution in [3.8, 4) is 0 Å². The van der Waals surface area contributed by atoms with Crippen molar-refractivity contribution in [1.82, 2.24) is 34.8 Å². The van der Waals surface area contributed by atoms with Crippen molar-refractivity contribution >= 4 is 28.3 Å². The summed E-state index contributed by atoms with van der Waals surface area (Å²) in [5.74, 6) is 0. The van der Waals surface area contributed by atoms with Gasteiger partial charge in [0.1, 0.15) is 5.03 Å². The van der Waals surface area contributed by atoms with Gasteiger partial charge in [-0.3, -0.25) is 0 Å². The molecule has 1 atom stereocenters. The average Bonchev–Trinajstić information content (AvgIpc) is 3.38. The van der Waals surface area contributed by atoms with E-state index in [1.165, 1.54) is 11.8 Å². The molecule has 0 bridgehead atoms. The van der Waals surface area contributed by atoms with Crippen molar-refractivity contribution in [3.63, 3.8) is 0 Å². The summed E-state index contributed by atoms with van der Waals surface area (Å²) < 4.78 is 9.40. The molecule has 1 fully saturated rings. The SMILES string of the molecule is Cc1cc2nc(Sc3nnnn3CC3CCCO3)c3ccccc3n2n1. The number of rotatable bonds is 4. The smallest absolute Gasteiger partial charge is 0.215 e. The second kappa shape index (κ2) is 6.33. The van der Waals surface area contributed by atoms with E-state index >= 15 is 0 Å². The number of ether oxygens (including phenoxy) is 1. The van der Waals surface area contributed by atoms with Crippen LogP contribution in [0.3, 0.4) is 0 Å². The Kier molecular flexibility index (Phi) is 3.83. The Labute approximate surface area is 153 Å². The van der Waals surface area contributed by atoms with Gasteiger partial charge in [-0.2, -0.15) is 5.10 Å². The van der Waals surface area contributed by atoms with Crippen LogP contribution in [0.25, 0.3) is 16.6 Å². The molecule has 8 nitrogen and oxygen atoms in total. The van der Waals surface area contributed by atoms with Crippen LogP contribution in [0.4, 0.5) is 0 Å². The van der Waals surface area contributed by atoms with Crippen molar-refractivity contribution in [2.75, 3.05) is 6.61 Å². The minimum absolute atomic E-state index is 0.183. The first-order valence-electron chi connectivity index (χ1n) is 8.59. The first-order chi connectivity index (χ1) is 12.8. The molecule has 1 saturated heterocycles. The van der Waals surface area contributed by atoms with Gasteiger partial charge >= 0.3 is 0 Å². The van der Waals surface area contributed by atoms with Gasteiger partial charge in [-0.05, 0) is 48.0 Å². The molecule has 9 heteroatoms. The molecule has 0 aliphatic carbocycles. The first-order valence-corrected chi connectivity index (χ1v) is 9.40. The number of hydrogen-bond acceptors (Lipinski definition) is 7. The molecule has 0 spiro atoms. The van der Waals surface area contributed by atoms with E-state index in [2.05, 4.69) is 32.8 Å². The molecule has 0 amide bonds. The largest absolute Gasteiger partial charge is 0.376 e. The van der Waals surface area contributed by atoms with Crippen molar-refractivity contribution in [2.24, 2.45) is 0 Å². The molecular formula is C17H17N7OS. The molecule has 0 N–H and O–H groups in total. The lowest BCUT2D eigenvalue weighted by atomic mass is 10.2. The van der Waals surface area contributed by atoms with Crippen molar-refractivity contribution in [3.05, 3.63) is 36.0 Å². The quantitative estimate of drug-likeness (QED) is 0.513. The maximum Gasteiger partial charge on any atom is 0.215 e. The van der Waals surface area contributed by atoms with Crippen molar-refractivity contribution in [1.29, 1.82) is 0 Å². The van der Waals surface area contributed by atoms with E-state index in [0.29, 0.717) is 6.54 Å². The number of para-hydroxylation sites is 1. The summed E-state index contributed by atoms with van der Waals surface area (Å²) in [5.41, 5.74) is 2.78. The van der Waals surface area contributed by atoms with E-state index in [1.54, 1.807) is 0 Å². The third-order valence-electron chi connectivity index (χ3n) is 4.48. The highest BCUT2D eigenvalue weighted by Gasteiger charge is 2.20. The van der Waals surface area contributed by atoms with Crippen LogP contribution in [0, 0.1) is 6.92 Å². The molecule has 132 valence electrons. The zero-order valence-corrected chi connectivity index (χ0v) is 15.1. The predicted octanol–water partition coefficient (Wildman–Crippen LogP) is 2.51. The minimum atomic E-state index is 0.183. The molecule has 5 rings (SSSR count). The van der Waals surface area contributed by atoms with Gasteiger partial charge in [0.25, 0.3) is 0 Å². The number of hydrogen-bond donors (Lipinski definition) is 0. The van der Waals surface area contributed by atoms with Crippen molar-refractivity contribution in [2.45, 2.75) is 42.6 Å². The molecule has 3 aromatic heterocycles. The van der Waals surface area contributed by atoms with Crippen LogP contribution in [-0.4, -0.2) is 47.5 Å². The Balaban J connectivity index is 1.56. The van der Waals surface area contributed by atoms with Gasteiger partial charge in [0.05, 0.1) is 23.9 Å². The zero-order chi connectivity index (χ0) is 17.5. The van der Waals surface area contributed by atoms with Crippen LogP contribution in [0.15, 0.2) is 40.5 Å². The van der Waals surface area contributed by atoms with Gasteiger partial charge < -0.3 is 4.74 Å². The van der Waals surface area contributed by atoms with E-state index in [4.69, 9.17) is 9.72 Å². The number of tetrazole rings is 1. The van der Waals surface area contributed by atoms with Gasteiger partial charge in [-0.15, -0.1) is 5.10 Å². The third-order valence-corrected chi connectivity index (χ3v) is 5.46. The molecule has 4 heterocycles. The molecule has 1 unspecified atom stereocenters. The summed E-state index contributed by atoms with van der Waals surface area (Å²) in [4.78, 5) is 4.80. The molecule has 4 aromatic rings. The van der Waals surface area contributed by atoms with E-state index in [1.807, 2.05) is 34.3 Å². The normalized spacial score (nSPS) is 17.5. The molecule has 0 radical (unpaired) electrons. The van der Waals surface area contributed by atoms with E-state index in [9.17, 15) is 0 Å². The number of nitrogens with zero attached hydrogens (tertiary/aromatic N) is 7. The van der Waals surface area contributed by atoms with Crippen LogP contribution < -0.4 is 0 Å². The van der Waals surface area contributed by atoms with Crippen LogP contribution in [0.5, 0.6) is 0 Å². The summed E-state index contributed by atoms with van der Waals surface area (Å²) in [5, 5.41) is 19.3. The fraction of sp³-hybridized carbons (Fsp3) is 0.353. The monoisotopic (exact) mass is 367 g/mol. The molecular weight excluding hydrogens is 350 g/mol. The first kappa shape index (κ1) is 15.7. The fourth-order valence-electron chi connectivity index (χ4n) is 3.28. The highest BCUT2D eigenvalue weighted by Crippen LogP contribution is 2.31. The summed E-state index contributed by atoms with van der Waals surface area (Å²) in [6.45, 7) is 3.46. The highest BCUT2D eigenvalue weighted by molar-refractivity contribution is 7.99. The van der Waals surface area contributed by atoms with E-state index in [0.717, 1.165) is 51.9 Å². The second-order valence-corrected chi connectivity index (χ2v) is 7.33. The van der Waals surface area contributed by atoms with Crippen LogP contribution in [0.1, 0.15) is 18.5 Å². The average molecular weight is 367 g/mol. The topological polar surface area (TPSA) is 83.0 Å². The van der Waals surface area contributed by atoms with Gasteiger partial charge in [0.2, 0.25) is 5.16 Å². The van der Waals surface area contributed by atoms with Gasteiger partial charge in [0, 0.05) is 18.1 Å². The van der Waals surface area contributed by atoms with E-state index in [-0.39, 0.29) is 6.10 Å². The molecule has 26 heavy (non-hydrogen) atoms. The van der Waals surface area contributed by atoms with Gasteiger partial charge in [-0.1, -0.05) is 18.2 Å². The number of fused-ring (bicyclic) bond motifs is 3. The number of benzene rings is 1. The predicted molar refractivity (Wildman–Crippen MR) is 96.1 cm³/mol. The number of aryl methyl sites for hydroxylation is 1. The lowest BCUT2D eigenvalue weighted by molar-refractivity contribution is 0.0912. The number of aromatic nitrogens is 7. The summed E-state index contributed by atoms with van der Waals surface area (Å²) in [7, 11) is 0. The highest BCUT2D eigenvalue weighted by atomic mass is 32.2. The zero-order valence-electron chi connectivity index (χ0n) is 14.2. The Hall–Kier alpha value is -2.52. The minimum Gasteiger partial charge on any atom is -0.376 e. The molecule has 1 aliphatic heterocycles. The fourth-order valence-corrected chi connectivity index (χ4v) is 4.16. The molecule has 1 aromatic carbocycles. The van der Waals surface area contributed by atoms with Crippen LogP contribution in [0.2, 0.25) is 0 Å². The van der Waals surface area contributed by atoms with E-state index < -0.39 is 0 Å². The summed E-state index contributed by atoms with van der Waals surface area (Å²) in [6.07, 6.45) is 2.33. The molecule has 0 saturated carbocycles. The second-order valence-electron chi connectivity index (χ2n) is 6.37. The Morgan fingerprint density at radius 1 is 1.31 bits per heavy atom. The molecule has 1 aliphatic rings. The van der Waals surface area contributed by atoms with Gasteiger partial charge in [0.15, 0.2) is 5.65 Å². The van der Waals surface area contributed by atoms with Gasteiger partial charge in [-0.25, -0.2) is 14.2 Å². The summed E-state index contributed by atoms with van der Waals surface area (Å²) >= 11 is 1.48. The van der Waals surface area contributed by atoms with Crippen molar-refractivity contribution < 1.29 is 4.74 Å². The lowest BCUT2D eigenvalue weighted by Gasteiger charge is -2.10. The third kappa shape index (κ3) is 2.73. The maximum atomic E-state index is 5.71. The Morgan fingerprint density at radius 2 is 2.23 bits per heavy atom. The maximum absolute atomic E-state index is 5.71. The Bertz CT molecular complexity index is 1080. The standard InChI is InChI=1S/C17H17N7OS/c1-11-9-15-18-16(13-6-2-3-7-14(13)24(15)20-11)26-17-19-21-22-23(17)10-12-5-4-8-25-12/h2-3,6-7,9,12H,4-5,8,10H2,1H3. The lowest BCUT2D eigenvalue weighted by Crippen LogP contribution is -2.16. The summed E-state index contributed by atoms with van der Waals surface area (Å²) in [6, 6.07) is 10.1. The van der Waals surface area contributed by atoms with Crippen LogP contribution >= 0.6 is 11.8 Å². The van der Waals surface area contributed by atoms with Crippen LogP contribution in [-0.2, 0) is 11.3 Å². The Morgan fingerprint density at radius 3 is 3.12 bits per heavy atom.